The van der Waals surface area contributed by atoms with Gasteiger partial charge in [0.05, 0.1) is 13.2 Å². The molecule has 6 nitrogen and oxygen atoms in total. The first-order valence-corrected chi connectivity index (χ1v) is 11.5. The Balaban J connectivity index is 3.67. The van der Waals surface area contributed by atoms with E-state index in [-0.39, 0.29) is 67.6 Å². The largest absolute Gasteiger partial charge is 0.379 e. The van der Waals surface area contributed by atoms with Gasteiger partial charge >= 0.3 is 0 Å². The molecule has 0 bridgehead atoms. The van der Waals surface area contributed by atoms with Gasteiger partial charge in [0, 0.05) is 64.1 Å². The Labute approximate surface area is 182 Å². The van der Waals surface area contributed by atoms with Crippen molar-refractivity contribution in [1.29, 1.82) is 0 Å². The molecular formula is C24H41O6. The van der Waals surface area contributed by atoms with Crippen LogP contribution in [0.2, 0.25) is 0 Å². The smallest absolute Gasteiger partial charge is 0.136 e. The van der Waals surface area contributed by atoms with E-state index in [1.807, 2.05) is 6.92 Å². The fourth-order valence-electron chi connectivity index (χ4n) is 2.92. The molecule has 0 aliphatic rings. The summed E-state index contributed by atoms with van der Waals surface area (Å²) in [6.07, 6.45) is 6.36. The molecule has 0 aromatic heterocycles. The minimum Gasteiger partial charge on any atom is -0.379 e. The number of carbonyl (C=O) groups excluding carboxylic acids is 4. The summed E-state index contributed by atoms with van der Waals surface area (Å²) in [5.74, 6) is -0.335. The molecule has 0 amide bonds. The first kappa shape index (κ1) is 28.6. The second-order valence-corrected chi connectivity index (χ2v) is 7.64. The van der Waals surface area contributed by atoms with Gasteiger partial charge in [0.1, 0.15) is 23.1 Å². The van der Waals surface area contributed by atoms with E-state index in [1.54, 1.807) is 6.92 Å². The van der Waals surface area contributed by atoms with E-state index in [0.29, 0.717) is 26.2 Å². The van der Waals surface area contributed by atoms with Crippen LogP contribution in [0.3, 0.4) is 0 Å². The Kier molecular flexibility index (Phi) is 18.6. The minimum absolute atomic E-state index is 0.0162. The van der Waals surface area contributed by atoms with Crippen LogP contribution in [0.5, 0.6) is 0 Å². The standard InChI is InChI=1S/C24H41O6/c1-4-21(25)11-12-22(26)13-14-23(27)15-16-24(28)20(3)10-8-6-7-9-17-30-19-18-29-5-2/h20H,3-19H2,1-2H3. The normalized spacial score (nSPS) is 12.0. The summed E-state index contributed by atoms with van der Waals surface area (Å²) in [6.45, 7) is 10.4. The van der Waals surface area contributed by atoms with Crippen LogP contribution >= 0.6 is 0 Å². The van der Waals surface area contributed by atoms with Crippen molar-refractivity contribution >= 4 is 23.1 Å². The highest BCUT2D eigenvalue weighted by atomic mass is 16.5. The third kappa shape index (κ3) is 17.5. The zero-order valence-electron chi connectivity index (χ0n) is 19.0. The Bertz CT molecular complexity index is 500. The number of rotatable bonds is 22. The van der Waals surface area contributed by atoms with Crippen molar-refractivity contribution < 1.29 is 28.7 Å². The highest BCUT2D eigenvalue weighted by molar-refractivity contribution is 5.91. The third-order valence-corrected chi connectivity index (χ3v) is 5.03. The summed E-state index contributed by atoms with van der Waals surface area (Å²) in [5.41, 5.74) is 0. The summed E-state index contributed by atoms with van der Waals surface area (Å²) < 4.78 is 10.7. The zero-order chi connectivity index (χ0) is 22.6. The van der Waals surface area contributed by atoms with Crippen LogP contribution < -0.4 is 0 Å². The molecule has 1 unspecified atom stereocenters. The predicted molar refractivity (Wildman–Crippen MR) is 117 cm³/mol. The Morgan fingerprint density at radius 2 is 1.20 bits per heavy atom. The Hall–Kier alpha value is -1.40. The Morgan fingerprint density at radius 1 is 0.667 bits per heavy atom. The van der Waals surface area contributed by atoms with Crippen molar-refractivity contribution in [2.24, 2.45) is 5.92 Å². The molecule has 0 rings (SSSR count). The summed E-state index contributed by atoms with van der Waals surface area (Å²) in [7, 11) is 0. The van der Waals surface area contributed by atoms with Gasteiger partial charge in [-0.05, 0) is 26.7 Å². The SMILES string of the molecule is [CH2]C(CCCCCCOCCOCC)C(=O)CCC(=O)CCC(=O)CCC(=O)CC. The van der Waals surface area contributed by atoms with Crippen molar-refractivity contribution in [1.82, 2.24) is 0 Å². The average molecular weight is 426 g/mol. The maximum absolute atomic E-state index is 12.1. The fraction of sp³-hybridized carbons (Fsp3) is 0.792. The molecule has 0 saturated heterocycles. The summed E-state index contributed by atoms with van der Waals surface area (Å²) >= 11 is 0. The number of carbonyl (C=O) groups is 4. The second kappa shape index (κ2) is 19.6. The molecule has 0 saturated carbocycles. The predicted octanol–water partition coefficient (Wildman–Crippen LogP) is 4.47. The lowest BCUT2D eigenvalue weighted by Crippen LogP contribution is -2.14. The molecule has 1 radical (unpaired) electrons. The maximum Gasteiger partial charge on any atom is 0.136 e. The van der Waals surface area contributed by atoms with Crippen LogP contribution in [0.15, 0.2) is 0 Å². The molecule has 0 aliphatic heterocycles. The number of unbranched alkanes of at least 4 members (excludes halogenated alkanes) is 3. The molecule has 0 spiro atoms. The number of hydrogen-bond donors (Lipinski definition) is 0. The van der Waals surface area contributed by atoms with Crippen molar-refractivity contribution in [3.8, 4) is 0 Å². The van der Waals surface area contributed by atoms with E-state index < -0.39 is 0 Å². The molecule has 30 heavy (non-hydrogen) atoms. The van der Waals surface area contributed by atoms with Crippen LogP contribution in [-0.4, -0.2) is 49.6 Å². The van der Waals surface area contributed by atoms with Crippen LogP contribution in [0.25, 0.3) is 0 Å². The lowest BCUT2D eigenvalue weighted by molar-refractivity contribution is -0.127. The van der Waals surface area contributed by atoms with Gasteiger partial charge in [0.25, 0.3) is 0 Å². The number of ether oxygens (including phenoxy) is 2. The second-order valence-electron chi connectivity index (χ2n) is 7.64. The van der Waals surface area contributed by atoms with E-state index in [4.69, 9.17) is 9.47 Å². The molecule has 0 fully saturated rings. The van der Waals surface area contributed by atoms with Crippen LogP contribution in [-0.2, 0) is 28.7 Å². The van der Waals surface area contributed by atoms with Crippen molar-refractivity contribution in [2.75, 3.05) is 26.4 Å². The van der Waals surface area contributed by atoms with Crippen LogP contribution in [0.1, 0.15) is 90.9 Å². The van der Waals surface area contributed by atoms with Gasteiger partial charge in [-0.1, -0.05) is 26.2 Å². The van der Waals surface area contributed by atoms with Crippen molar-refractivity contribution in [3.05, 3.63) is 6.92 Å². The number of Topliss-reactive ketones (excluding diaryl/α,β-unsaturated/α-hetero) is 4. The van der Waals surface area contributed by atoms with Gasteiger partial charge < -0.3 is 9.47 Å². The molecule has 0 N–H and O–H groups in total. The molecule has 0 aliphatic carbocycles. The van der Waals surface area contributed by atoms with E-state index >= 15 is 0 Å². The summed E-state index contributed by atoms with van der Waals surface area (Å²) in [5, 5.41) is 0. The number of hydrogen-bond acceptors (Lipinski definition) is 6. The van der Waals surface area contributed by atoms with E-state index in [9.17, 15) is 19.2 Å². The molecule has 6 heteroatoms. The van der Waals surface area contributed by atoms with Gasteiger partial charge in [-0.15, -0.1) is 0 Å². The topological polar surface area (TPSA) is 86.7 Å². The van der Waals surface area contributed by atoms with Gasteiger partial charge in [-0.3, -0.25) is 19.2 Å². The lowest BCUT2D eigenvalue weighted by atomic mass is 9.94. The van der Waals surface area contributed by atoms with E-state index in [1.165, 1.54) is 0 Å². The monoisotopic (exact) mass is 425 g/mol. The molecule has 1 atom stereocenters. The van der Waals surface area contributed by atoms with Crippen LogP contribution in [0, 0.1) is 12.8 Å². The summed E-state index contributed by atoms with van der Waals surface area (Å²) in [4.78, 5) is 46.9. The van der Waals surface area contributed by atoms with Gasteiger partial charge in [-0.25, -0.2) is 0 Å². The molecular weight excluding hydrogens is 384 g/mol. The fourth-order valence-corrected chi connectivity index (χ4v) is 2.92. The first-order chi connectivity index (χ1) is 14.4. The molecule has 0 heterocycles. The lowest BCUT2D eigenvalue weighted by Gasteiger charge is -2.10. The quantitative estimate of drug-likeness (QED) is 0.238. The first-order valence-electron chi connectivity index (χ1n) is 11.5. The highest BCUT2D eigenvalue weighted by Gasteiger charge is 2.15. The molecule has 0 aromatic carbocycles. The van der Waals surface area contributed by atoms with Crippen LogP contribution in [0.4, 0.5) is 0 Å². The molecule has 173 valence electrons. The van der Waals surface area contributed by atoms with Crippen molar-refractivity contribution in [3.63, 3.8) is 0 Å². The number of ketones is 4. The highest BCUT2D eigenvalue weighted by Crippen LogP contribution is 2.14. The summed E-state index contributed by atoms with van der Waals surface area (Å²) in [6, 6.07) is 0. The Morgan fingerprint density at radius 3 is 1.80 bits per heavy atom. The average Bonchev–Trinajstić information content (AvgIpc) is 2.75. The minimum atomic E-state index is -0.276. The van der Waals surface area contributed by atoms with E-state index in [0.717, 1.165) is 38.7 Å². The van der Waals surface area contributed by atoms with Gasteiger partial charge in [0.15, 0.2) is 0 Å². The van der Waals surface area contributed by atoms with E-state index in [2.05, 4.69) is 6.92 Å². The molecule has 0 aromatic rings. The maximum atomic E-state index is 12.1. The van der Waals surface area contributed by atoms with Gasteiger partial charge in [0.2, 0.25) is 0 Å². The van der Waals surface area contributed by atoms with Crippen molar-refractivity contribution in [2.45, 2.75) is 90.9 Å². The zero-order valence-corrected chi connectivity index (χ0v) is 19.0. The van der Waals surface area contributed by atoms with Gasteiger partial charge in [-0.2, -0.15) is 0 Å². The third-order valence-electron chi connectivity index (χ3n) is 5.03.